The summed E-state index contributed by atoms with van der Waals surface area (Å²) in [7, 11) is 0. The Bertz CT molecular complexity index is 834. The summed E-state index contributed by atoms with van der Waals surface area (Å²) in [6, 6.07) is 3.91. The Morgan fingerprint density at radius 2 is 2.12 bits per heavy atom. The number of aromatic nitrogens is 6. The minimum absolute atomic E-state index is 0.198. The highest BCUT2D eigenvalue weighted by molar-refractivity contribution is 5.47. The predicted octanol–water partition coefficient (Wildman–Crippen LogP) is 2.77. The molecule has 26 heavy (non-hydrogen) atoms. The first-order valence-electron chi connectivity index (χ1n) is 8.89. The average molecular weight is 350 g/mol. The maximum Gasteiger partial charge on any atom is 0.228 e. The summed E-state index contributed by atoms with van der Waals surface area (Å²) >= 11 is 0. The highest BCUT2D eigenvalue weighted by Crippen LogP contribution is 2.31. The van der Waals surface area contributed by atoms with E-state index in [1.807, 2.05) is 19.2 Å². The molecule has 4 heterocycles. The van der Waals surface area contributed by atoms with Gasteiger partial charge in [-0.3, -0.25) is 4.90 Å². The second kappa shape index (κ2) is 7.57. The molecule has 1 atom stereocenters. The number of nitrogens with zero attached hydrogens (tertiary/aromatic N) is 6. The predicted molar refractivity (Wildman–Crippen MR) is 97.7 cm³/mol. The molecule has 2 N–H and O–H groups in total. The molecule has 0 unspecified atom stereocenters. The largest absolute Gasteiger partial charge is 0.347 e. The second-order valence-electron chi connectivity index (χ2n) is 6.51. The first kappa shape index (κ1) is 16.6. The van der Waals surface area contributed by atoms with Crippen LogP contribution in [0.4, 0.5) is 11.8 Å². The van der Waals surface area contributed by atoms with Gasteiger partial charge in [-0.1, -0.05) is 6.42 Å². The molecule has 0 bridgehead atoms. The lowest BCUT2D eigenvalue weighted by atomic mass is 10.0. The fourth-order valence-electron chi connectivity index (χ4n) is 3.35. The molecule has 0 aromatic carbocycles. The molecule has 8 nitrogen and oxygen atoms in total. The zero-order valence-electron chi connectivity index (χ0n) is 14.8. The number of rotatable bonds is 5. The maximum atomic E-state index is 4.76. The van der Waals surface area contributed by atoms with Crippen molar-refractivity contribution < 1.29 is 0 Å². The van der Waals surface area contributed by atoms with Crippen LogP contribution in [0, 0.1) is 6.92 Å². The summed E-state index contributed by atoms with van der Waals surface area (Å²) in [4.78, 5) is 27.6. The van der Waals surface area contributed by atoms with E-state index in [4.69, 9.17) is 9.97 Å². The summed E-state index contributed by atoms with van der Waals surface area (Å²) in [5.74, 6) is 2.11. The molecule has 0 aliphatic carbocycles. The van der Waals surface area contributed by atoms with Crippen molar-refractivity contribution in [3.8, 4) is 0 Å². The Morgan fingerprint density at radius 3 is 2.92 bits per heavy atom. The fourth-order valence-corrected chi connectivity index (χ4v) is 3.35. The van der Waals surface area contributed by atoms with Crippen molar-refractivity contribution in [1.29, 1.82) is 0 Å². The van der Waals surface area contributed by atoms with Crippen molar-refractivity contribution in [3.05, 3.63) is 54.3 Å². The summed E-state index contributed by atoms with van der Waals surface area (Å²) in [5.41, 5.74) is 2.04. The van der Waals surface area contributed by atoms with Crippen LogP contribution in [0.1, 0.15) is 42.5 Å². The molecule has 1 aliphatic rings. The molecule has 1 fully saturated rings. The van der Waals surface area contributed by atoms with E-state index in [1.165, 1.54) is 12.8 Å². The van der Waals surface area contributed by atoms with Crippen LogP contribution in [0.5, 0.6) is 0 Å². The van der Waals surface area contributed by atoms with E-state index in [0.717, 1.165) is 42.5 Å². The lowest BCUT2D eigenvalue weighted by Gasteiger charge is -2.34. The number of hydrogen-bond acceptors (Lipinski definition) is 7. The number of hydrogen-bond donors (Lipinski definition) is 2. The van der Waals surface area contributed by atoms with E-state index in [0.29, 0.717) is 5.95 Å². The monoisotopic (exact) mass is 350 g/mol. The first-order chi connectivity index (χ1) is 12.8. The van der Waals surface area contributed by atoms with Gasteiger partial charge in [-0.2, -0.15) is 0 Å². The Balaban J connectivity index is 1.58. The Hall–Kier alpha value is -2.87. The van der Waals surface area contributed by atoms with Gasteiger partial charge in [0.25, 0.3) is 0 Å². The molecule has 3 aromatic rings. The lowest BCUT2D eigenvalue weighted by Crippen LogP contribution is -2.34. The zero-order valence-corrected chi connectivity index (χ0v) is 14.8. The van der Waals surface area contributed by atoms with Crippen molar-refractivity contribution >= 4 is 11.8 Å². The fraction of sp³-hybridized carbons (Fsp3) is 0.389. The SMILES string of the molecule is Cc1cc(Nc2ncccn2)nc([C@H]2CCCCN2Cc2cnc[nH]2)n1. The summed E-state index contributed by atoms with van der Waals surface area (Å²) < 4.78 is 0. The normalized spacial score (nSPS) is 18.0. The molecule has 0 spiro atoms. The molecule has 1 saturated heterocycles. The third-order valence-electron chi connectivity index (χ3n) is 4.52. The smallest absolute Gasteiger partial charge is 0.228 e. The lowest BCUT2D eigenvalue weighted by molar-refractivity contribution is 0.132. The van der Waals surface area contributed by atoms with Crippen molar-refractivity contribution in [2.45, 2.75) is 38.8 Å². The van der Waals surface area contributed by atoms with Gasteiger partial charge in [0, 0.05) is 42.6 Å². The van der Waals surface area contributed by atoms with E-state index < -0.39 is 0 Å². The van der Waals surface area contributed by atoms with Crippen molar-refractivity contribution in [2.75, 3.05) is 11.9 Å². The van der Waals surface area contributed by atoms with Gasteiger partial charge in [-0.25, -0.2) is 24.9 Å². The number of H-pyrrole nitrogens is 1. The summed E-state index contributed by atoms with van der Waals surface area (Å²) in [5, 5.41) is 3.18. The van der Waals surface area contributed by atoms with Crippen molar-refractivity contribution in [1.82, 2.24) is 34.8 Å². The number of likely N-dealkylation sites (tertiary alicyclic amines) is 1. The molecule has 3 aromatic heterocycles. The Morgan fingerprint density at radius 1 is 1.23 bits per heavy atom. The highest BCUT2D eigenvalue weighted by Gasteiger charge is 2.27. The highest BCUT2D eigenvalue weighted by atomic mass is 15.2. The number of piperidine rings is 1. The second-order valence-corrected chi connectivity index (χ2v) is 6.51. The van der Waals surface area contributed by atoms with E-state index in [-0.39, 0.29) is 6.04 Å². The van der Waals surface area contributed by atoms with Crippen LogP contribution < -0.4 is 5.32 Å². The van der Waals surface area contributed by atoms with Crippen molar-refractivity contribution in [3.63, 3.8) is 0 Å². The third-order valence-corrected chi connectivity index (χ3v) is 4.52. The van der Waals surface area contributed by atoms with Crippen molar-refractivity contribution in [2.24, 2.45) is 0 Å². The molecule has 4 rings (SSSR count). The molecule has 0 saturated carbocycles. The van der Waals surface area contributed by atoms with Crippen LogP contribution in [-0.2, 0) is 6.54 Å². The van der Waals surface area contributed by atoms with Gasteiger partial charge in [0.05, 0.1) is 12.4 Å². The van der Waals surface area contributed by atoms with Crippen LogP contribution in [-0.4, -0.2) is 41.3 Å². The molecular weight excluding hydrogens is 328 g/mol. The summed E-state index contributed by atoms with van der Waals surface area (Å²) in [6.45, 7) is 3.85. The van der Waals surface area contributed by atoms with Gasteiger partial charge >= 0.3 is 0 Å². The van der Waals surface area contributed by atoms with Gasteiger partial charge in [-0.15, -0.1) is 0 Å². The summed E-state index contributed by atoms with van der Waals surface area (Å²) in [6.07, 6.45) is 10.4. The van der Waals surface area contributed by atoms with Gasteiger partial charge in [0.2, 0.25) is 5.95 Å². The quantitative estimate of drug-likeness (QED) is 0.730. The number of aryl methyl sites for hydroxylation is 1. The Labute approximate surface area is 152 Å². The minimum Gasteiger partial charge on any atom is -0.347 e. The van der Waals surface area contributed by atoms with E-state index in [1.54, 1.807) is 24.8 Å². The number of nitrogens with one attached hydrogen (secondary N) is 2. The maximum absolute atomic E-state index is 4.76. The number of aromatic amines is 1. The van der Waals surface area contributed by atoms with Gasteiger partial charge < -0.3 is 10.3 Å². The van der Waals surface area contributed by atoms with Crippen LogP contribution in [0.2, 0.25) is 0 Å². The average Bonchev–Trinajstić information content (AvgIpc) is 3.16. The van der Waals surface area contributed by atoms with Gasteiger partial charge in [0.15, 0.2) is 0 Å². The molecule has 0 radical (unpaired) electrons. The topological polar surface area (TPSA) is 95.5 Å². The molecule has 0 amide bonds. The molecule has 1 aliphatic heterocycles. The van der Waals surface area contributed by atoms with E-state index >= 15 is 0 Å². The minimum atomic E-state index is 0.198. The van der Waals surface area contributed by atoms with E-state index in [2.05, 4.69) is 30.2 Å². The molecule has 8 heteroatoms. The number of imidazole rings is 1. The molecular formula is C18H22N8. The van der Waals surface area contributed by atoms with Crippen LogP contribution in [0.25, 0.3) is 0 Å². The Kier molecular flexibility index (Phi) is 4.83. The van der Waals surface area contributed by atoms with Gasteiger partial charge in [0.1, 0.15) is 11.6 Å². The molecule has 134 valence electrons. The number of anilines is 2. The van der Waals surface area contributed by atoms with Gasteiger partial charge in [-0.05, 0) is 32.4 Å². The van der Waals surface area contributed by atoms with Crippen LogP contribution in [0.15, 0.2) is 37.1 Å². The zero-order chi connectivity index (χ0) is 17.8. The van der Waals surface area contributed by atoms with Crippen LogP contribution in [0.3, 0.4) is 0 Å². The third kappa shape index (κ3) is 3.85. The first-order valence-corrected chi connectivity index (χ1v) is 8.89. The van der Waals surface area contributed by atoms with Crippen LogP contribution >= 0.6 is 0 Å². The standard InChI is InChI=1S/C18H22N8/c1-13-9-16(25-18-20-6-4-7-21-18)24-17(23-13)15-5-2-3-8-26(15)11-14-10-19-12-22-14/h4,6-7,9-10,12,15H,2-3,5,8,11H2,1H3,(H,19,22)(H,20,21,23,24,25)/t15-/m1/s1. The van der Waals surface area contributed by atoms with E-state index in [9.17, 15) is 0 Å².